The minimum atomic E-state index is -4.40. The number of carbonyl (C=O) groups excluding carboxylic acids is 1. The van der Waals surface area contributed by atoms with Gasteiger partial charge in [0.25, 0.3) is 5.91 Å². The molecule has 0 unspecified atom stereocenters. The third-order valence-corrected chi connectivity index (χ3v) is 4.16. The average molecular weight is 402 g/mol. The van der Waals surface area contributed by atoms with E-state index in [2.05, 4.69) is 5.32 Å². The Morgan fingerprint density at radius 1 is 1.33 bits per heavy atom. The number of nitrogens with one attached hydrogen (secondary N) is 1. The molecule has 0 spiro atoms. The summed E-state index contributed by atoms with van der Waals surface area (Å²) < 4.78 is 46.7. The average Bonchev–Trinajstić information content (AvgIpc) is 2.86. The van der Waals surface area contributed by atoms with Gasteiger partial charge in [-0.05, 0) is 42.4 Å². The molecule has 0 radical (unpaired) electrons. The number of alkyl halides is 3. The van der Waals surface area contributed by atoms with Crippen LogP contribution in [-0.4, -0.2) is 42.4 Å². The summed E-state index contributed by atoms with van der Waals surface area (Å²) in [4.78, 5) is 14.0. The number of rotatable bonds is 8. The topological polar surface area (TPSA) is 50.8 Å². The fourth-order valence-electron chi connectivity index (χ4n) is 2.54. The number of carbonyl (C=O) groups is 1. The van der Waals surface area contributed by atoms with Crippen LogP contribution in [0, 0.1) is 0 Å². The lowest BCUT2D eigenvalue weighted by Gasteiger charge is -2.12. The summed E-state index contributed by atoms with van der Waals surface area (Å²) in [7, 11) is 1.42. The first-order valence-electron chi connectivity index (χ1n) is 8.41. The lowest BCUT2D eigenvalue weighted by molar-refractivity contribution is -0.176. The number of nitrogens with zero attached hydrogens (tertiary/aromatic N) is 1. The molecule has 1 fully saturated rings. The van der Waals surface area contributed by atoms with Crippen molar-refractivity contribution in [2.75, 3.05) is 20.3 Å². The molecule has 1 aromatic rings. The van der Waals surface area contributed by atoms with Gasteiger partial charge in [-0.2, -0.15) is 13.2 Å². The predicted octanol–water partition coefficient (Wildman–Crippen LogP) is 3.63. The maximum absolute atomic E-state index is 12.4. The van der Waals surface area contributed by atoms with E-state index in [1.165, 1.54) is 12.0 Å². The molecule has 2 rings (SSSR count). The number of benzene rings is 1. The summed E-state index contributed by atoms with van der Waals surface area (Å²) in [5.74, 6) is 0.185. The van der Waals surface area contributed by atoms with Crippen LogP contribution in [0.2, 0.25) is 0 Å². The van der Waals surface area contributed by atoms with Gasteiger partial charge in [0.1, 0.15) is 18.1 Å². The van der Waals surface area contributed by atoms with Gasteiger partial charge >= 0.3 is 6.18 Å². The molecular weight excluding hydrogens is 381 g/mol. The van der Waals surface area contributed by atoms with Gasteiger partial charge in [0.15, 0.2) is 5.11 Å². The number of ether oxygens (including phenoxy) is 2. The second-order valence-electron chi connectivity index (χ2n) is 5.98. The van der Waals surface area contributed by atoms with Crippen LogP contribution in [0.5, 0.6) is 5.75 Å². The SMILES string of the molecule is CCCCN1C(=O)/C(=C\c2ccc(OC)c(COCC(F)(F)F)c2)NC1=S. The molecular formula is C18H21F3N2O3S. The van der Waals surface area contributed by atoms with Gasteiger partial charge in [0.2, 0.25) is 0 Å². The molecule has 1 aliphatic rings. The van der Waals surface area contributed by atoms with Crippen LogP contribution in [0.15, 0.2) is 23.9 Å². The third-order valence-electron chi connectivity index (χ3n) is 3.84. The van der Waals surface area contributed by atoms with Gasteiger partial charge < -0.3 is 14.8 Å². The van der Waals surface area contributed by atoms with E-state index in [4.69, 9.17) is 21.7 Å². The van der Waals surface area contributed by atoms with Crippen LogP contribution in [0.1, 0.15) is 30.9 Å². The largest absolute Gasteiger partial charge is 0.496 e. The molecule has 148 valence electrons. The summed E-state index contributed by atoms with van der Waals surface area (Å²) >= 11 is 5.19. The second-order valence-corrected chi connectivity index (χ2v) is 6.36. The van der Waals surface area contributed by atoms with Gasteiger partial charge in [-0.15, -0.1) is 0 Å². The number of unbranched alkanes of at least 4 members (excludes halogenated alkanes) is 1. The van der Waals surface area contributed by atoms with E-state index in [0.29, 0.717) is 34.2 Å². The first kappa shape index (κ1) is 21.2. The lowest BCUT2D eigenvalue weighted by atomic mass is 10.1. The molecule has 9 heteroatoms. The van der Waals surface area contributed by atoms with Gasteiger partial charge in [0.05, 0.1) is 13.7 Å². The summed E-state index contributed by atoms with van der Waals surface area (Å²) in [5.41, 5.74) is 1.40. The highest BCUT2D eigenvalue weighted by molar-refractivity contribution is 7.80. The number of halogens is 3. The summed E-state index contributed by atoms with van der Waals surface area (Å²) in [6, 6.07) is 4.94. The first-order valence-corrected chi connectivity index (χ1v) is 8.82. The predicted molar refractivity (Wildman–Crippen MR) is 99.0 cm³/mol. The highest BCUT2D eigenvalue weighted by atomic mass is 32.1. The van der Waals surface area contributed by atoms with E-state index < -0.39 is 12.8 Å². The Bertz CT molecular complexity index is 735. The molecule has 0 atom stereocenters. The molecule has 0 aromatic heterocycles. The first-order chi connectivity index (χ1) is 12.7. The fourth-order valence-corrected chi connectivity index (χ4v) is 2.82. The summed E-state index contributed by atoms with van der Waals surface area (Å²) in [6.07, 6.45) is -1.02. The van der Waals surface area contributed by atoms with E-state index >= 15 is 0 Å². The molecule has 1 amide bonds. The Morgan fingerprint density at radius 3 is 2.70 bits per heavy atom. The molecule has 1 saturated heterocycles. The van der Waals surface area contributed by atoms with E-state index in [1.54, 1.807) is 24.3 Å². The van der Waals surface area contributed by atoms with Gasteiger partial charge in [-0.1, -0.05) is 19.4 Å². The van der Waals surface area contributed by atoms with Crippen molar-refractivity contribution >= 4 is 29.3 Å². The molecule has 0 bridgehead atoms. The fraction of sp³-hybridized carbons (Fsp3) is 0.444. The maximum Gasteiger partial charge on any atom is 0.411 e. The van der Waals surface area contributed by atoms with Crippen LogP contribution >= 0.6 is 12.2 Å². The van der Waals surface area contributed by atoms with Crippen molar-refractivity contribution in [2.24, 2.45) is 0 Å². The standard InChI is InChI=1S/C18H21F3N2O3S/c1-3-4-7-23-16(24)14(22-17(23)27)9-12-5-6-15(25-2)13(8-12)10-26-11-18(19,20)21/h5-6,8-9H,3-4,7,10-11H2,1-2H3,(H,22,27)/b14-9+. The van der Waals surface area contributed by atoms with Crippen molar-refractivity contribution < 1.29 is 27.4 Å². The van der Waals surface area contributed by atoms with Gasteiger partial charge in [-0.25, -0.2) is 0 Å². The van der Waals surface area contributed by atoms with Crippen LogP contribution in [0.4, 0.5) is 13.2 Å². The molecule has 1 aromatic carbocycles. The number of amides is 1. The lowest BCUT2D eigenvalue weighted by Crippen LogP contribution is -2.31. The Balaban J connectivity index is 2.16. The molecule has 1 aliphatic heterocycles. The zero-order valence-corrected chi connectivity index (χ0v) is 15.9. The van der Waals surface area contributed by atoms with Crippen LogP contribution in [0.25, 0.3) is 6.08 Å². The van der Waals surface area contributed by atoms with E-state index in [1.807, 2.05) is 6.92 Å². The Hall–Kier alpha value is -2.13. The van der Waals surface area contributed by atoms with Gasteiger partial charge in [0, 0.05) is 12.1 Å². The summed E-state index contributed by atoms with van der Waals surface area (Å²) in [5, 5.41) is 3.23. The molecule has 1 heterocycles. The van der Waals surface area contributed by atoms with E-state index in [0.717, 1.165) is 12.8 Å². The quantitative estimate of drug-likeness (QED) is 0.532. The van der Waals surface area contributed by atoms with Crippen molar-refractivity contribution in [3.05, 3.63) is 35.0 Å². The Morgan fingerprint density at radius 2 is 2.07 bits per heavy atom. The highest BCUT2D eigenvalue weighted by Gasteiger charge is 2.30. The molecule has 1 N–H and O–H groups in total. The van der Waals surface area contributed by atoms with Crippen LogP contribution < -0.4 is 10.1 Å². The smallest absolute Gasteiger partial charge is 0.411 e. The minimum absolute atomic E-state index is 0.223. The maximum atomic E-state index is 12.4. The summed E-state index contributed by atoms with van der Waals surface area (Å²) in [6.45, 7) is 0.954. The minimum Gasteiger partial charge on any atom is -0.496 e. The molecule has 27 heavy (non-hydrogen) atoms. The van der Waals surface area contributed by atoms with Crippen molar-refractivity contribution in [1.29, 1.82) is 0 Å². The third kappa shape index (κ3) is 5.93. The second kappa shape index (κ2) is 9.18. The Kier molecular flexibility index (Phi) is 7.20. The Labute approximate surface area is 161 Å². The molecule has 0 saturated carbocycles. The zero-order chi connectivity index (χ0) is 20.0. The van der Waals surface area contributed by atoms with E-state index in [-0.39, 0.29) is 12.5 Å². The molecule has 5 nitrogen and oxygen atoms in total. The zero-order valence-electron chi connectivity index (χ0n) is 15.1. The van der Waals surface area contributed by atoms with Crippen molar-refractivity contribution in [3.63, 3.8) is 0 Å². The number of thiocarbonyl (C=S) groups is 1. The van der Waals surface area contributed by atoms with Crippen molar-refractivity contribution in [1.82, 2.24) is 10.2 Å². The number of hydrogen-bond acceptors (Lipinski definition) is 4. The molecule has 0 aliphatic carbocycles. The number of methoxy groups -OCH3 is 1. The normalized spacial score (nSPS) is 16.2. The van der Waals surface area contributed by atoms with E-state index in [9.17, 15) is 18.0 Å². The monoisotopic (exact) mass is 402 g/mol. The highest BCUT2D eigenvalue weighted by Crippen LogP contribution is 2.24. The van der Waals surface area contributed by atoms with Crippen molar-refractivity contribution in [2.45, 2.75) is 32.5 Å². The van der Waals surface area contributed by atoms with Crippen molar-refractivity contribution in [3.8, 4) is 5.75 Å². The van der Waals surface area contributed by atoms with Gasteiger partial charge in [-0.3, -0.25) is 9.69 Å². The van der Waals surface area contributed by atoms with Crippen LogP contribution in [0.3, 0.4) is 0 Å². The van der Waals surface area contributed by atoms with Crippen LogP contribution in [-0.2, 0) is 16.1 Å². The number of hydrogen-bond donors (Lipinski definition) is 1.